The molecule has 6 heteroatoms. The molecule has 4 N–H and O–H groups in total. The number of fused-ring (bicyclic) bond motifs is 1. The molecule has 0 radical (unpaired) electrons. The van der Waals surface area contributed by atoms with Gasteiger partial charge in [0.25, 0.3) is 6.01 Å². The Morgan fingerprint density at radius 1 is 1.37 bits per heavy atom. The molecule has 1 aromatic carbocycles. The fraction of sp³-hybridized carbons (Fsp3) is 0.231. The van der Waals surface area contributed by atoms with Gasteiger partial charge < -0.3 is 20.5 Å². The lowest BCUT2D eigenvalue weighted by molar-refractivity contribution is 0.611. The molecule has 0 saturated heterocycles. The fourth-order valence-electron chi connectivity index (χ4n) is 1.93. The van der Waals surface area contributed by atoms with Gasteiger partial charge in [-0.2, -0.15) is 4.98 Å². The molecule has 3 rings (SSSR count). The average molecular weight is 257 g/mol. The lowest BCUT2D eigenvalue weighted by Crippen LogP contribution is -2.03. The van der Waals surface area contributed by atoms with Gasteiger partial charge in [0.1, 0.15) is 11.3 Å². The highest BCUT2D eigenvalue weighted by atomic mass is 16.4. The minimum absolute atomic E-state index is 0.507. The third-order valence-corrected chi connectivity index (χ3v) is 2.87. The van der Waals surface area contributed by atoms with Gasteiger partial charge in [0.05, 0.1) is 5.69 Å². The Bertz CT molecular complexity index is 659. The van der Waals surface area contributed by atoms with Gasteiger partial charge in [-0.05, 0) is 18.6 Å². The maximum Gasteiger partial charge on any atom is 0.295 e. The number of nitrogens with one attached hydrogen (secondary N) is 2. The average Bonchev–Trinajstić information content (AvgIpc) is 3.04. The first-order valence-corrected chi connectivity index (χ1v) is 6.20. The first kappa shape index (κ1) is 11.6. The number of benzene rings is 1. The maximum atomic E-state index is 5.83. The van der Waals surface area contributed by atoms with Crippen LogP contribution in [-0.2, 0) is 6.42 Å². The second kappa shape index (κ2) is 5.01. The van der Waals surface area contributed by atoms with Crippen molar-refractivity contribution < 1.29 is 4.42 Å². The summed E-state index contributed by atoms with van der Waals surface area (Å²) in [4.78, 5) is 11.6. The summed E-state index contributed by atoms with van der Waals surface area (Å²) in [6.07, 6.45) is 5.42. The van der Waals surface area contributed by atoms with Crippen LogP contribution in [0.4, 0.5) is 11.7 Å². The van der Waals surface area contributed by atoms with E-state index in [-0.39, 0.29) is 0 Å². The zero-order valence-corrected chi connectivity index (χ0v) is 10.4. The summed E-state index contributed by atoms with van der Waals surface area (Å²) in [6.45, 7) is 0.771. The highest BCUT2D eigenvalue weighted by Gasteiger charge is 2.07. The number of nitrogen functional groups attached to an aromatic ring is 1. The van der Waals surface area contributed by atoms with Crippen molar-refractivity contribution in [2.45, 2.75) is 12.8 Å². The number of hydrogen-bond donors (Lipinski definition) is 3. The van der Waals surface area contributed by atoms with Gasteiger partial charge in [0.15, 0.2) is 5.58 Å². The molecule has 0 bridgehead atoms. The number of para-hydroxylation sites is 1. The second-order valence-electron chi connectivity index (χ2n) is 4.28. The SMILES string of the molecule is Nc1cccc2oc(NCCCc3ncc[nH]3)nc12. The molecule has 0 fully saturated rings. The minimum atomic E-state index is 0.507. The summed E-state index contributed by atoms with van der Waals surface area (Å²) in [6, 6.07) is 6.02. The Morgan fingerprint density at radius 3 is 3.11 bits per heavy atom. The van der Waals surface area contributed by atoms with E-state index in [0.29, 0.717) is 22.8 Å². The number of H-pyrrole nitrogens is 1. The maximum absolute atomic E-state index is 5.83. The van der Waals surface area contributed by atoms with Crippen LogP contribution in [0.2, 0.25) is 0 Å². The predicted octanol–water partition coefficient (Wildman–Crippen LogP) is 2.18. The van der Waals surface area contributed by atoms with Gasteiger partial charge in [-0.15, -0.1) is 0 Å². The van der Waals surface area contributed by atoms with Crippen molar-refractivity contribution in [2.24, 2.45) is 0 Å². The number of anilines is 2. The van der Waals surface area contributed by atoms with Crippen LogP contribution >= 0.6 is 0 Å². The summed E-state index contributed by atoms with van der Waals surface area (Å²) in [5.41, 5.74) is 7.86. The topological polar surface area (TPSA) is 92.8 Å². The lowest BCUT2D eigenvalue weighted by Gasteiger charge is -1.99. The number of aryl methyl sites for hydroxylation is 1. The molecule has 2 heterocycles. The van der Waals surface area contributed by atoms with E-state index in [1.54, 1.807) is 6.20 Å². The molecule has 0 saturated carbocycles. The van der Waals surface area contributed by atoms with E-state index in [9.17, 15) is 0 Å². The number of imidazole rings is 1. The van der Waals surface area contributed by atoms with Crippen LogP contribution in [0.3, 0.4) is 0 Å². The first-order chi connectivity index (χ1) is 9.33. The number of nitrogens with two attached hydrogens (primary N) is 1. The number of hydrogen-bond acceptors (Lipinski definition) is 5. The van der Waals surface area contributed by atoms with Crippen molar-refractivity contribution in [2.75, 3.05) is 17.6 Å². The Morgan fingerprint density at radius 2 is 2.32 bits per heavy atom. The molecular weight excluding hydrogens is 242 g/mol. The number of rotatable bonds is 5. The van der Waals surface area contributed by atoms with Crippen molar-refractivity contribution >= 4 is 22.8 Å². The minimum Gasteiger partial charge on any atom is -0.423 e. The van der Waals surface area contributed by atoms with Gasteiger partial charge in [-0.25, -0.2) is 4.98 Å². The van der Waals surface area contributed by atoms with Crippen LogP contribution in [-0.4, -0.2) is 21.5 Å². The molecule has 2 aromatic heterocycles. The number of nitrogens with zero attached hydrogens (tertiary/aromatic N) is 2. The van der Waals surface area contributed by atoms with Gasteiger partial charge in [-0.1, -0.05) is 6.07 Å². The molecule has 0 atom stereocenters. The molecule has 3 aromatic rings. The summed E-state index contributed by atoms with van der Waals surface area (Å²) in [5, 5.41) is 3.15. The molecule has 0 aliphatic rings. The van der Waals surface area contributed by atoms with Crippen LogP contribution < -0.4 is 11.1 Å². The van der Waals surface area contributed by atoms with Crippen LogP contribution in [0.5, 0.6) is 0 Å². The van der Waals surface area contributed by atoms with E-state index in [1.807, 2.05) is 24.4 Å². The first-order valence-electron chi connectivity index (χ1n) is 6.20. The summed E-state index contributed by atoms with van der Waals surface area (Å²) in [5.74, 6) is 0.989. The zero-order valence-electron chi connectivity index (χ0n) is 10.4. The largest absolute Gasteiger partial charge is 0.423 e. The Balaban J connectivity index is 1.58. The Hall–Kier alpha value is -2.50. The van der Waals surface area contributed by atoms with Crippen molar-refractivity contribution in [3.8, 4) is 0 Å². The predicted molar refractivity (Wildman–Crippen MR) is 73.8 cm³/mol. The number of aromatic nitrogens is 3. The van der Waals surface area contributed by atoms with Crippen molar-refractivity contribution in [1.29, 1.82) is 0 Å². The van der Waals surface area contributed by atoms with E-state index in [4.69, 9.17) is 10.2 Å². The highest BCUT2D eigenvalue weighted by molar-refractivity contribution is 5.86. The summed E-state index contributed by atoms with van der Waals surface area (Å²) in [7, 11) is 0. The molecule has 0 amide bonds. The summed E-state index contributed by atoms with van der Waals surface area (Å²) < 4.78 is 5.56. The normalized spacial score (nSPS) is 10.9. The Kier molecular flexibility index (Phi) is 3.06. The quantitative estimate of drug-likeness (QED) is 0.481. The Labute approximate surface area is 110 Å². The van der Waals surface area contributed by atoms with Crippen molar-refractivity contribution in [1.82, 2.24) is 15.0 Å². The van der Waals surface area contributed by atoms with Gasteiger partial charge in [-0.3, -0.25) is 0 Å². The fourth-order valence-corrected chi connectivity index (χ4v) is 1.93. The van der Waals surface area contributed by atoms with E-state index in [1.165, 1.54) is 0 Å². The molecule has 6 nitrogen and oxygen atoms in total. The second-order valence-corrected chi connectivity index (χ2v) is 4.28. The highest BCUT2D eigenvalue weighted by Crippen LogP contribution is 2.23. The third kappa shape index (κ3) is 2.52. The molecule has 0 spiro atoms. The van der Waals surface area contributed by atoms with Crippen LogP contribution in [0, 0.1) is 0 Å². The van der Waals surface area contributed by atoms with E-state index < -0.39 is 0 Å². The molecular formula is C13H15N5O. The molecule has 0 aliphatic heterocycles. The third-order valence-electron chi connectivity index (χ3n) is 2.87. The molecule has 0 aliphatic carbocycles. The van der Waals surface area contributed by atoms with Crippen LogP contribution in [0.15, 0.2) is 35.0 Å². The van der Waals surface area contributed by atoms with E-state index in [2.05, 4.69) is 20.3 Å². The van der Waals surface area contributed by atoms with Crippen molar-refractivity contribution in [3.05, 3.63) is 36.4 Å². The number of aromatic amines is 1. The zero-order chi connectivity index (χ0) is 13.1. The molecule has 0 unspecified atom stereocenters. The van der Waals surface area contributed by atoms with Gasteiger partial charge >= 0.3 is 0 Å². The number of oxazole rings is 1. The van der Waals surface area contributed by atoms with Crippen LogP contribution in [0.25, 0.3) is 11.1 Å². The van der Waals surface area contributed by atoms with E-state index >= 15 is 0 Å². The van der Waals surface area contributed by atoms with Gasteiger partial charge in [0, 0.05) is 25.4 Å². The van der Waals surface area contributed by atoms with E-state index in [0.717, 1.165) is 25.2 Å². The van der Waals surface area contributed by atoms with Crippen molar-refractivity contribution in [3.63, 3.8) is 0 Å². The monoisotopic (exact) mass is 257 g/mol. The van der Waals surface area contributed by atoms with Gasteiger partial charge in [0.2, 0.25) is 0 Å². The summed E-state index contributed by atoms with van der Waals surface area (Å²) >= 11 is 0. The smallest absolute Gasteiger partial charge is 0.295 e. The standard InChI is InChI=1S/C13H15N5O/c14-9-3-1-4-10-12(9)18-13(19-10)17-6-2-5-11-15-7-8-16-11/h1,3-4,7-8H,2,5-6,14H2,(H,15,16)(H,17,18). The molecule has 98 valence electrons. The molecule has 19 heavy (non-hydrogen) atoms. The lowest BCUT2D eigenvalue weighted by atomic mass is 10.3. The van der Waals surface area contributed by atoms with Crippen LogP contribution in [0.1, 0.15) is 12.2 Å².